The normalized spacial score (nSPS) is 20.8. The van der Waals surface area contributed by atoms with Crippen molar-refractivity contribution in [2.45, 2.75) is 45.0 Å². The quantitative estimate of drug-likeness (QED) is 0.666. The first-order valence-corrected chi connectivity index (χ1v) is 7.62. The first-order chi connectivity index (χ1) is 11.1. The zero-order chi connectivity index (χ0) is 18.0. The van der Waals surface area contributed by atoms with Crippen molar-refractivity contribution in [3.63, 3.8) is 0 Å². The smallest absolute Gasteiger partial charge is 0.417 e. The number of aliphatic hydroxyl groups is 1. The van der Waals surface area contributed by atoms with Gasteiger partial charge in [0.05, 0.1) is 0 Å². The summed E-state index contributed by atoms with van der Waals surface area (Å²) < 4.78 is 10.1. The van der Waals surface area contributed by atoms with E-state index >= 15 is 0 Å². The van der Waals surface area contributed by atoms with Crippen LogP contribution in [0.5, 0.6) is 0 Å². The molecule has 2 rings (SSSR count). The minimum Gasteiger partial charge on any atom is -0.458 e. The number of carbonyl (C=O) groups excluding carboxylic acids is 3. The average molecular weight is 335 g/mol. The number of hydrogen-bond donors (Lipinski definition) is 1. The Hall–Kier alpha value is -2.41. The Balaban J connectivity index is 2.01. The molecule has 1 aliphatic heterocycles. The summed E-state index contributed by atoms with van der Waals surface area (Å²) in [6, 6.07) is 8.88. The van der Waals surface area contributed by atoms with E-state index in [-0.39, 0.29) is 19.6 Å². The van der Waals surface area contributed by atoms with Gasteiger partial charge in [-0.05, 0) is 26.3 Å². The molecule has 7 heteroatoms. The lowest BCUT2D eigenvalue weighted by Crippen LogP contribution is -2.49. The van der Waals surface area contributed by atoms with Crippen molar-refractivity contribution in [2.75, 3.05) is 6.54 Å². The van der Waals surface area contributed by atoms with Crippen molar-refractivity contribution in [2.24, 2.45) is 0 Å². The Morgan fingerprint density at radius 3 is 2.46 bits per heavy atom. The second-order valence-corrected chi connectivity index (χ2v) is 6.61. The lowest BCUT2D eigenvalue weighted by molar-refractivity contribution is -0.171. The summed E-state index contributed by atoms with van der Waals surface area (Å²) in [6.07, 6.45) is -1.11. The number of carbonyl (C=O) groups is 3. The maximum absolute atomic E-state index is 12.3. The SMILES string of the molecule is CC(C)(C)OC(=O)N1CCC(O)(C(=O)OCc2ccccc2)C1=O. The second-order valence-electron chi connectivity index (χ2n) is 6.61. The Bertz CT molecular complexity index is 636. The molecule has 130 valence electrons. The van der Waals surface area contributed by atoms with Crippen LogP contribution in [0.3, 0.4) is 0 Å². The fourth-order valence-corrected chi connectivity index (χ4v) is 2.23. The molecule has 0 aliphatic carbocycles. The molecule has 7 nitrogen and oxygen atoms in total. The van der Waals surface area contributed by atoms with Crippen molar-refractivity contribution < 1.29 is 29.0 Å². The topological polar surface area (TPSA) is 93.1 Å². The van der Waals surface area contributed by atoms with Gasteiger partial charge in [-0.25, -0.2) is 14.5 Å². The highest BCUT2D eigenvalue weighted by Gasteiger charge is 2.55. The highest BCUT2D eigenvalue weighted by atomic mass is 16.6. The Kier molecular flexibility index (Phi) is 4.94. The summed E-state index contributed by atoms with van der Waals surface area (Å²) in [5.74, 6) is -2.09. The van der Waals surface area contributed by atoms with E-state index in [1.54, 1.807) is 45.0 Å². The first kappa shape index (κ1) is 17.9. The van der Waals surface area contributed by atoms with E-state index in [9.17, 15) is 19.5 Å². The van der Waals surface area contributed by atoms with Crippen molar-refractivity contribution in [3.05, 3.63) is 35.9 Å². The van der Waals surface area contributed by atoms with Crippen molar-refractivity contribution in [1.82, 2.24) is 4.90 Å². The predicted molar refractivity (Wildman–Crippen MR) is 83.8 cm³/mol. The second kappa shape index (κ2) is 6.60. The molecule has 1 aliphatic rings. The fraction of sp³-hybridized carbons (Fsp3) is 0.471. The third-order valence-electron chi connectivity index (χ3n) is 3.46. The van der Waals surface area contributed by atoms with E-state index in [0.717, 1.165) is 10.5 Å². The van der Waals surface area contributed by atoms with Crippen LogP contribution in [0.1, 0.15) is 32.8 Å². The van der Waals surface area contributed by atoms with Crippen LogP contribution < -0.4 is 0 Å². The van der Waals surface area contributed by atoms with Crippen LogP contribution in [0, 0.1) is 0 Å². The molecular formula is C17H21NO6. The van der Waals surface area contributed by atoms with Crippen molar-refractivity contribution >= 4 is 18.0 Å². The summed E-state index contributed by atoms with van der Waals surface area (Å²) in [7, 11) is 0. The fourth-order valence-electron chi connectivity index (χ4n) is 2.23. The lowest BCUT2D eigenvalue weighted by atomic mass is 10.0. The van der Waals surface area contributed by atoms with Crippen LogP contribution in [0.25, 0.3) is 0 Å². The van der Waals surface area contributed by atoms with Gasteiger partial charge in [0.2, 0.25) is 5.60 Å². The van der Waals surface area contributed by atoms with Gasteiger partial charge >= 0.3 is 12.1 Å². The van der Waals surface area contributed by atoms with Gasteiger partial charge < -0.3 is 14.6 Å². The molecule has 1 unspecified atom stereocenters. The zero-order valence-corrected chi connectivity index (χ0v) is 13.9. The van der Waals surface area contributed by atoms with E-state index in [1.807, 2.05) is 6.07 Å². The first-order valence-electron chi connectivity index (χ1n) is 7.62. The zero-order valence-electron chi connectivity index (χ0n) is 13.9. The Morgan fingerprint density at radius 2 is 1.88 bits per heavy atom. The third kappa shape index (κ3) is 3.91. The minimum absolute atomic E-state index is 0.0678. The van der Waals surface area contributed by atoms with Crippen LogP contribution in [0.2, 0.25) is 0 Å². The lowest BCUT2D eigenvalue weighted by Gasteiger charge is -2.24. The monoisotopic (exact) mass is 335 g/mol. The molecule has 2 amide bonds. The van der Waals surface area contributed by atoms with Gasteiger partial charge in [0, 0.05) is 13.0 Å². The molecule has 0 spiro atoms. The van der Waals surface area contributed by atoms with Crippen LogP contribution in [0.4, 0.5) is 4.79 Å². The molecule has 0 bridgehead atoms. The Morgan fingerprint density at radius 1 is 1.25 bits per heavy atom. The molecule has 1 N–H and O–H groups in total. The maximum atomic E-state index is 12.3. The average Bonchev–Trinajstić information content (AvgIpc) is 2.81. The van der Waals surface area contributed by atoms with Crippen LogP contribution in [-0.4, -0.2) is 45.7 Å². The van der Waals surface area contributed by atoms with Crippen molar-refractivity contribution in [3.8, 4) is 0 Å². The van der Waals surface area contributed by atoms with E-state index in [0.29, 0.717) is 0 Å². The van der Waals surface area contributed by atoms with E-state index in [1.165, 1.54) is 0 Å². The number of benzene rings is 1. The number of hydrogen-bond acceptors (Lipinski definition) is 6. The Labute approximate surface area is 140 Å². The highest BCUT2D eigenvalue weighted by molar-refractivity contribution is 6.11. The minimum atomic E-state index is -2.36. The molecule has 1 atom stereocenters. The standard InChI is InChI=1S/C17H21NO6/c1-16(2,3)24-15(21)18-10-9-17(22,13(18)19)14(20)23-11-12-7-5-4-6-8-12/h4-8,22H,9-11H2,1-3H3. The van der Waals surface area contributed by atoms with Gasteiger partial charge in [0.1, 0.15) is 12.2 Å². The van der Waals surface area contributed by atoms with Gasteiger partial charge in [-0.2, -0.15) is 0 Å². The number of rotatable bonds is 3. The van der Waals surface area contributed by atoms with Crippen molar-refractivity contribution in [1.29, 1.82) is 0 Å². The number of likely N-dealkylation sites (tertiary alicyclic amines) is 1. The molecule has 24 heavy (non-hydrogen) atoms. The number of esters is 1. The largest absolute Gasteiger partial charge is 0.458 e. The van der Waals surface area contributed by atoms with Gasteiger partial charge in [-0.1, -0.05) is 30.3 Å². The molecule has 1 aromatic rings. The summed E-state index contributed by atoms with van der Waals surface area (Å²) >= 11 is 0. The molecule has 1 saturated heterocycles. The van der Waals surface area contributed by atoms with Gasteiger partial charge in [0.15, 0.2) is 0 Å². The molecule has 0 saturated carbocycles. The van der Waals surface area contributed by atoms with E-state index in [4.69, 9.17) is 9.47 Å². The summed E-state index contributed by atoms with van der Waals surface area (Å²) in [6.45, 7) is 4.80. The number of amides is 2. The molecule has 1 heterocycles. The number of nitrogens with zero attached hydrogens (tertiary/aromatic N) is 1. The molecule has 0 radical (unpaired) electrons. The summed E-state index contributed by atoms with van der Waals surface area (Å²) in [5, 5.41) is 10.4. The number of imide groups is 1. The van der Waals surface area contributed by atoms with Crippen LogP contribution in [-0.2, 0) is 25.7 Å². The van der Waals surface area contributed by atoms with E-state index in [2.05, 4.69) is 0 Å². The van der Waals surface area contributed by atoms with E-state index < -0.39 is 29.2 Å². The highest BCUT2D eigenvalue weighted by Crippen LogP contribution is 2.26. The van der Waals surface area contributed by atoms with Gasteiger partial charge in [0.25, 0.3) is 5.91 Å². The van der Waals surface area contributed by atoms with Crippen LogP contribution in [0.15, 0.2) is 30.3 Å². The van der Waals surface area contributed by atoms with Gasteiger partial charge in [-0.15, -0.1) is 0 Å². The maximum Gasteiger partial charge on any atom is 0.417 e. The molecule has 0 aromatic heterocycles. The van der Waals surface area contributed by atoms with Crippen LogP contribution >= 0.6 is 0 Å². The molecule has 1 aromatic carbocycles. The molecular weight excluding hydrogens is 314 g/mol. The predicted octanol–water partition coefficient (Wildman–Crippen LogP) is 1.63. The van der Waals surface area contributed by atoms with Gasteiger partial charge in [-0.3, -0.25) is 4.79 Å². The summed E-state index contributed by atoms with van der Waals surface area (Å²) in [4.78, 5) is 37.1. The third-order valence-corrected chi connectivity index (χ3v) is 3.46. The number of ether oxygens (including phenoxy) is 2. The summed E-state index contributed by atoms with van der Waals surface area (Å²) in [5.41, 5.74) is -2.42. The molecule has 1 fully saturated rings.